The van der Waals surface area contributed by atoms with E-state index < -0.39 is 0 Å². The highest BCUT2D eigenvalue weighted by molar-refractivity contribution is 5.26. The topological polar surface area (TPSA) is 30.5 Å². The van der Waals surface area contributed by atoms with Crippen molar-refractivity contribution >= 4 is 0 Å². The van der Waals surface area contributed by atoms with Gasteiger partial charge < -0.3 is 14.8 Å². The molecule has 0 bridgehead atoms. The lowest BCUT2D eigenvalue weighted by Crippen LogP contribution is -2.60. The smallest absolute Gasteiger partial charge is 0.0987 e. The van der Waals surface area contributed by atoms with Gasteiger partial charge in [0.1, 0.15) is 0 Å². The molecule has 118 valence electrons. The minimum atomic E-state index is 0.169. The molecule has 3 heteroatoms. The molecule has 3 nitrogen and oxygen atoms in total. The molecular weight excluding hydrogens is 262 g/mol. The lowest BCUT2D eigenvalue weighted by Gasteiger charge is -2.44. The van der Waals surface area contributed by atoms with E-state index in [0.717, 1.165) is 13.0 Å². The largest absolute Gasteiger partial charge is 0.377 e. The Labute approximate surface area is 129 Å². The first-order valence-electron chi connectivity index (χ1n) is 8.07. The minimum Gasteiger partial charge on any atom is -0.377 e. The van der Waals surface area contributed by atoms with Crippen LogP contribution in [0.2, 0.25) is 0 Å². The molecule has 0 spiro atoms. The zero-order valence-electron chi connectivity index (χ0n) is 13.9. The number of ether oxygens (including phenoxy) is 2. The number of nitrogens with one attached hydrogen (secondary N) is 1. The molecule has 0 aromatic heterocycles. The minimum absolute atomic E-state index is 0.169. The van der Waals surface area contributed by atoms with Gasteiger partial charge in [0, 0.05) is 25.8 Å². The van der Waals surface area contributed by atoms with E-state index >= 15 is 0 Å². The molecule has 2 rings (SSSR count). The summed E-state index contributed by atoms with van der Waals surface area (Å²) in [7, 11) is 1.77. The van der Waals surface area contributed by atoms with E-state index in [0.29, 0.717) is 18.0 Å². The number of hydrogen-bond acceptors (Lipinski definition) is 3. The molecule has 1 saturated carbocycles. The summed E-state index contributed by atoms with van der Waals surface area (Å²) < 4.78 is 11.2. The number of rotatable bonds is 7. The highest BCUT2D eigenvalue weighted by atomic mass is 16.5. The molecule has 1 aliphatic rings. The molecule has 0 amide bonds. The third-order valence-corrected chi connectivity index (χ3v) is 4.47. The molecule has 1 N–H and O–H groups in total. The standard InChI is InChI=1S/C18H29NO2/c1-6-21-17-11-16(18(17)20-5)19-13(4)15-9-7-14(8-10-15)12(2)3/h7-10,12-13,16-19H,6,11H2,1-5H3. The van der Waals surface area contributed by atoms with Crippen LogP contribution in [-0.2, 0) is 9.47 Å². The second kappa shape index (κ2) is 7.39. The zero-order valence-corrected chi connectivity index (χ0v) is 13.9. The Kier molecular flexibility index (Phi) is 5.80. The van der Waals surface area contributed by atoms with Crippen molar-refractivity contribution < 1.29 is 9.47 Å². The Morgan fingerprint density at radius 3 is 2.29 bits per heavy atom. The predicted molar refractivity (Wildman–Crippen MR) is 86.7 cm³/mol. The van der Waals surface area contributed by atoms with Gasteiger partial charge in [-0.15, -0.1) is 0 Å². The average Bonchev–Trinajstić information content (AvgIpc) is 2.46. The van der Waals surface area contributed by atoms with Crippen LogP contribution in [0, 0.1) is 0 Å². The van der Waals surface area contributed by atoms with Gasteiger partial charge in [-0.2, -0.15) is 0 Å². The van der Waals surface area contributed by atoms with Gasteiger partial charge in [0.05, 0.1) is 12.2 Å². The van der Waals surface area contributed by atoms with Gasteiger partial charge in [-0.1, -0.05) is 38.1 Å². The first kappa shape index (κ1) is 16.5. The maximum atomic E-state index is 5.68. The second-order valence-electron chi connectivity index (χ2n) is 6.25. The van der Waals surface area contributed by atoms with Crippen LogP contribution < -0.4 is 5.32 Å². The van der Waals surface area contributed by atoms with Gasteiger partial charge in [-0.3, -0.25) is 0 Å². The van der Waals surface area contributed by atoms with Crippen LogP contribution in [0.25, 0.3) is 0 Å². The maximum Gasteiger partial charge on any atom is 0.0987 e. The summed E-state index contributed by atoms with van der Waals surface area (Å²) in [6, 6.07) is 9.63. The van der Waals surface area contributed by atoms with Crippen molar-refractivity contribution in [2.45, 2.75) is 64.3 Å². The van der Waals surface area contributed by atoms with Crippen LogP contribution >= 0.6 is 0 Å². The third kappa shape index (κ3) is 3.85. The Balaban J connectivity index is 1.91. The molecule has 1 aromatic carbocycles. The fourth-order valence-corrected chi connectivity index (χ4v) is 3.02. The van der Waals surface area contributed by atoms with E-state index in [4.69, 9.17) is 9.47 Å². The quantitative estimate of drug-likeness (QED) is 0.832. The van der Waals surface area contributed by atoms with Crippen molar-refractivity contribution in [3.05, 3.63) is 35.4 Å². The average molecular weight is 291 g/mol. The van der Waals surface area contributed by atoms with Crippen LogP contribution in [0.5, 0.6) is 0 Å². The summed E-state index contributed by atoms with van der Waals surface area (Å²) in [4.78, 5) is 0. The SMILES string of the molecule is CCOC1CC(NC(C)c2ccc(C(C)C)cc2)C1OC. The molecule has 4 unspecified atom stereocenters. The van der Waals surface area contributed by atoms with Crippen molar-refractivity contribution in [1.82, 2.24) is 5.32 Å². The van der Waals surface area contributed by atoms with Crippen LogP contribution in [0.15, 0.2) is 24.3 Å². The van der Waals surface area contributed by atoms with Crippen molar-refractivity contribution in [2.75, 3.05) is 13.7 Å². The van der Waals surface area contributed by atoms with E-state index in [1.165, 1.54) is 11.1 Å². The summed E-state index contributed by atoms with van der Waals surface area (Å²) >= 11 is 0. The number of methoxy groups -OCH3 is 1. The molecule has 21 heavy (non-hydrogen) atoms. The van der Waals surface area contributed by atoms with Gasteiger partial charge in [-0.05, 0) is 37.3 Å². The Hall–Kier alpha value is -0.900. The number of hydrogen-bond donors (Lipinski definition) is 1. The Morgan fingerprint density at radius 2 is 1.76 bits per heavy atom. The monoisotopic (exact) mass is 291 g/mol. The van der Waals surface area contributed by atoms with E-state index in [2.05, 4.69) is 50.4 Å². The van der Waals surface area contributed by atoms with Gasteiger partial charge >= 0.3 is 0 Å². The van der Waals surface area contributed by atoms with E-state index in [9.17, 15) is 0 Å². The van der Waals surface area contributed by atoms with E-state index in [1.54, 1.807) is 7.11 Å². The Bertz CT molecular complexity index is 429. The molecule has 0 aliphatic heterocycles. The highest BCUT2D eigenvalue weighted by Gasteiger charge is 2.42. The normalized spacial score (nSPS) is 26.7. The molecular formula is C18H29NO2. The molecule has 0 saturated heterocycles. The number of benzene rings is 1. The summed E-state index contributed by atoms with van der Waals surface area (Å²) in [6.07, 6.45) is 1.44. The Morgan fingerprint density at radius 1 is 1.14 bits per heavy atom. The van der Waals surface area contributed by atoms with Crippen molar-refractivity contribution in [3.63, 3.8) is 0 Å². The maximum absolute atomic E-state index is 5.68. The molecule has 1 fully saturated rings. The van der Waals surface area contributed by atoms with E-state index in [1.807, 2.05) is 6.92 Å². The molecule has 1 aliphatic carbocycles. The summed E-state index contributed by atoms with van der Waals surface area (Å²) in [6.45, 7) is 9.45. The zero-order chi connectivity index (χ0) is 15.4. The first-order valence-corrected chi connectivity index (χ1v) is 8.07. The van der Waals surface area contributed by atoms with Gasteiger partial charge in [0.15, 0.2) is 0 Å². The second-order valence-corrected chi connectivity index (χ2v) is 6.25. The summed E-state index contributed by atoms with van der Waals surface area (Å²) in [5.74, 6) is 0.582. The van der Waals surface area contributed by atoms with Gasteiger partial charge in [0.25, 0.3) is 0 Å². The highest BCUT2D eigenvalue weighted by Crippen LogP contribution is 2.29. The van der Waals surface area contributed by atoms with Crippen LogP contribution in [0.1, 0.15) is 57.2 Å². The van der Waals surface area contributed by atoms with Gasteiger partial charge in [-0.25, -0.2) is 0 Å². The molecule has 4 atom stereocenters. The molecule has 0 radical (unpaired) electrons. The van der Waals surface area contributed by atoms with E-state index in [-0.39, 0.29) is 12.2 Å². The summed E-state index contributed by atoms with van der Waals surface area (Å²) in [5, 5.41) is 3.67. The predicted octanol–water partition coefficient (Wildman–Crippen LogP) is 3.65. The van der Waals surface area contributed by atoms with Crippen LogP contribution in [0.4, 0.5) is 0 Å². The first-order chi connectivity index (χ1) is 10.1. The van der Waals surface area contributed by atoms with Crippen LogP contribution in [0.3, 0.4) is 0 Å². The van der Waals surface area contributed by atoms with Gasteiger partial charge in [0.2, 0.25) is 0 Å². The lowest BCUT2D eigenvalue weighted by molar-refractivity contribution is -0.133. The third-order valence-electron chi connectivity index (χ3n) is 4.47. The van der Waals surface area contributed by atoms with Crippen molar-refractivity contribution in [2.24, 2.45) is 0 Å². The fourth-order valence-electron chi connectivity index (χ4n) is 3.02. The lowest BCUT2D eigenvalue weighted by atomic mass is 9.84. The van der Waals surface area contributed by atoms with Crippen molar-refractivity contribution in [1.29, 1.82) is 0 Å². The molecule has 0 heterocycles. The molecule has 1 aromatic rings. The fraction of sp³-hybridized carbons (Fsp3) is 0.667. The van der Waals surface area contributed by atoms with Crippen molar-refractivity contribution in [3.8, 4) is 0 Å². The van der Waals surface area contributed by atoms with Crippen LogP contribution in [-0.4, -0.2) is 32.0 Å². The summed E-state index contributed by atoms with van der Waals surface area (Å²) in [5.41, 5.74) is 2.72.